The molecule has 1 heterocycles. The number of amides is 1. The lowest BCUT2D eigenvalue weighted by Gasteiger charge is -2.29. The Balaban J connectivity index is 2.53. The summed E-state index contributed by atoms with van der Waals surface area (Å²) in [5, 5.41) is 0.996. The van der Waals surface area contributed by atoms with Gasteiger partial charge in [0.2, 0.25) is 5.91 Å². The van der Waals surface area contributed by atoms with E-state index in [9.17, 15) is 9.59 Å². The van der Waals surface area contributed by atoms with E-state index in [0.717, 1.165) is 12.8 Å². The van der Waals surface area contributed by atoms with E-state index < -0.39 is 0 Å². The van der Waals surface area contributed by atoms with E-state index in [4.69, 9.17) is 11.6 Å². The van der Waals surface area contributed by atoms with Gasteiger partial charge in [0.25, 0.3) is 5.56 Å². The third-order valence-corrected chi connectivity index (χ3v) is 4.40. The molecule has 0 aliphatic heterocycles. The van der Waals surface area contributed by atoms with Gasteiger partial charge in [-0.2, -0.15) is 0 Å². The standard InChI is InChI=1S/C18H24ClN3O2/c1-5-7-16(23)22(10-6-2)12(3)17-20-15-9-8-13(19)11-14(15)18(24)21(17)4/h8-9,11-12H,5-7,10H2,1-4H3. The van der Waals surface area contributed by atoms with Crippen LogP contribution < -0.4 is 5.56 Å². The third-order valence-electron chi connectivity index (χ3n) is 4.16. The smallest absolute Gasteiger partial charge is 0.261 e. The monoisotopic (exact) mass is 349 g/mol. The Morgan fingerprint density at radius 3 is 2.67 bits per heavy atom. The van der Waals surface area contributed by atoms with Crippen LogP contribution in [0.25, 0.3) is 10.9 Å². The van der Waals surface area contributed by atoms with Crippen molar-refractivity contribution in [1.29, 1.82) is 0 Å². The minimum Gasteiger partial charge on any atom is -0.333 e. The van der Waals surface area contributed by atoms with Crippen LogP contribution in [0.4, 0.5) is 0 Å². The zero-order valence-electron chi connectivity index (χ0n) is 14.7. The van der Waals surface area contributed by atoms with Crippen molar-refractivity contribution in [2.75, 3.05) is 6.54 Å². The summed E-state index contributed by atoms with van der Waals surface area (Å²) in [7, 11) is 1.69. The Bertz CT molecular complexity index is 801. The fraction of sp³-hybridized carbons (Fsp3) is 0.500. The highest BCUT2D eigenvalue weighted by Gasteiger charge is 2.24. The van der Waals surface area contributed by atoms with Crippen LogP contribution >= 0.6 is 11.6 Å². The molecule has 1 aromatic heterocycles. The van der Waals surface area contributed by atoms with Crippen LogP contribution in [0.5, 0.6) is 0 Å². The molecule has 1 unspecified atom stereocenters. The highest BCUT2D eigenvalue weighted by Crippen LogP contribution is 2.22. The molecule has 0 radical (unpaired) electrons. The van der Waals surface area contributed by atoms with E-state index in [1.54, 1.807) is 25.2 Å². The number of halogens is 1. The second-order valence-electron chi connectivity index (χ2n) is 6.01. The lowest BCUT2D eigenvalue weighted by atomic mass is 10.1. The number of hydrogen-bond acceptors (Lipinski definition) is 3. The van der Waals surface area contributed by atoms with Gasteiger partial charge in [0.05, 0.1) is 16.9 Å². The zero-order valence-corrected chi connectivity index (χ0v) is 15.4. The Kier molecular flexibility index (Phi) is 5.99. The van der Waals surface area contributed by atoms with Crippen LogP contribution in [-0.4, -0.2) is 26.9 Å². The van der Waals surface area contributed by atoms with Crippen molar-refractivity contribution in [2.45, 2.75) is 46.1 Å². The van der Waals surface area contributed by atoms with E-state index in [-0.39, 0.29) is 17.5 Å². The van der Waals surface area contributed by atoms with Crippen molar-refractivity contribution < 1.29 is 4.79 Å². The van der Waals surface area contributed by atoms with Crippen molar-refractivity contribution in [2.24, 2.45) is 7.05 Å². The van der Waals surface area contributed by atoms with Gasteiger partial charge in [0, 0.05) is 25.0 Å². The number of nitrogens with zero attached hydrogens (tertiary/aromatic N) is 3. The highest BCUT2D eigenvalue weighted by molar-refractivity contribution is 6.31. The lowest BCUT2D eigenvalue weighted by Crippen LogP contribution is -2.37. The number of hydrogen-bond donors (Lipinski definition) is 0. The van der Waals surface area contributed by atoms with Crippen LogP contribution in [0.3, 0.4) is 0 Å². The molecule has 2 aromatic rings. The minimum absolute atomic E-state index is 0.0947. The normalized spacial score (nSPS) is 12.4. The minimum atomic E-state index is -0.262. The van der Waals surface area contributed by atoms with Crippen LogP contribution in [0.1, 0.15) is 51.9 Å². The molecule has 0 fully saturated rings. The number of rotatable bonds is 6. The molecule has 1 atom stereocenters. The molecule has 0 bridgehead atoms. The summed E-state index contributed by atoms with van der Waals surface area (Å²) < 4.78 is 1.52. The fourth-order valence-electron chi connectivity index (χ4n) is 2.91. The molecule has 130 valence electrons. The quantitative estimate of drug-likeness (QED) is 0.799. The molecule has 0 spiro atoms. The largest absolute Gasteiger partial charge is 0.333 e. The van der Waals surface area contributed by atoms with Crippen LogP contribution in [0.2, 0.25) is 5.02 Å². The second-order valence-corrected chi connectivity index (χ2v) is 6.45. The van der Waals surface area contributed by atoms with Crippen LogP contribution in [-0.2, 0) is 11.8 Å². The van der Waals surface area contributed by atoms with E-state index in [2.05, 4.69) is 4.98 Å². The van der Waals surface area contributed by atoms with Gasteiger partial charge in [-0.15, -0.1) is 0 Å². The molecule has 0 N–H and O–H groups in total. The summed E-state index contributed by atoms with van der Waals surface area (Å²) >= 11 is 5.98. The first kappa shape index (κ1) is 18.5. The topological polar surface area (TPSA) is 55.2 Å². The maximum absolute atomic E-state index is 12.6. The number of carbonyl (C=O) groups excluding carboxylic acids is 1. The molecular weight excluding hydrogens is 326 g/mol. The Labute approximate surface area is 147 Å². The van der Waals surface area contributed by atoms with Crippen molar-refractivity contribution in [3.8, 4) is 0 Å². The number of aromatic nitrogens is 2. The van der Waals surface area contributed by atoms with Crippen molar-refractivity contribution in [1.82, 2.24) is 14.5 Å². The molecule has 1 aromatic carbocycles. The SMILES string of the molecule is CCCC(=O)N(CCC)C(C)c1nc2ccc(Cl)cc2c(=O)n1C. The lowest BCUT2D eigenvalue weighted by molar-refractivity contribution is -0.133. The van der Waals surface area contributed by atoms with Gasteiger partial charge in [0.15, 0.2) is 0 Å². The van der Waals surface area contributed by atoms with Gasteiger partial charge in [-0.25, -0.2) is 4.98 Å². The zero-order chi connectivity index (χ0) is 17.9. The molecule has 5 nitrogen and oxygen atoms in total. The average Bonchev–Trinajstić information content (AvgIpc) is 2.56. The van der Waals surface area contributed by atoms with E-state index in [0.29, 0.717) is 34.7 Å². The van der Waals surface area contributed by atoms with Gasteiger partial charge < -0.3 is 4.90 Å². The first-order valence-corrected chi connectivity index (χ1v) is 8.74. The Hall–Kier alpha value is -1.88. The maximum atomic E-state index is 12.6. The predicted molar refractivity (Wildman–Crippen MR) is 97.3 cm³/mol. The summed E-state index contributed by atoms with van der Waals surface area (Å²) in [6.45, 7) is 6.59. The summed E-state index contributed by atoms with van der Waals surface area (Å²) in [6, 6.07) is 4.83. The summed E-state index contributed by atoms with van der Waals surface area (Å²) in [5.74, 6) is 0.685. The average molecular weight is 350 g/mol. The number of fused-ring (bicyclic) bond motifs is 1. The molecule has 0 saturated heterocycles. The Morgan fingerprint density at radius 2 is 2.04 bits per heavy atom. The van der Waals surface area contributed by atoms with Gasteiger partial charge in [-0.05, 0) is 38.0 Å². The molecule has 1 amide bonds. The van der Waals surface area contributed by atoms with Gasteiger partial charge in [-0.1, -0.05) is 25.4 Å². The first-order chi connectivity index (χ1) is 11.4. The summed E-state index contributed by atoms with van der Waals surface area (Å²) in [4.78, 5) is 31.5. The maximum Gasteiger partial charge on any atom is 0.261 e. The van der Waals surface area contributed by atoms with Crippen LogP contribution in [0.15, 0.2) is 23.0 Å². The summed E-state index contributed by atoms with van der Waals surface area (Å²) in [6.07, 6.45) is 2.16. The van der Waals surface area contributed by atoms with Crippen molar-refractivity contribution in [3.05, 3.63) is 39.4 Å². The van der Waals surface area contributed by atoms with Crippen molar-refractivity contribution >= 4 is 28.4 Å². The van der Waals surface area contributed by atoms with Gasteiger partial charge in [-0.3, -0.25) is 14.2 Å². The molecule has 0 saturated carbocycles. The van der Waals surface area contributed by atoms with Crippen LogP contribution in [0, 0.1) is 0 Å². The molecule has 6 heteroatoms. The van der Waals surface area contributed by atoms with Gasteiger partial charge in [0.1, 0.15) is 5.82 Å². The summed E-state index contributed by atoms with van der Waals surface area (Å²) in [5.41, 5.74) is 0.451. The molecule has 24 heavy (non-hydrogen) atoms. The Morgan fingerprint density at radius 1 is 1.33 bits per heavy atom. The van der Waals surface area contributed by atoms with E-state index in [1.165, 1.54) is 4.57 Å². The molecular formula is C18H24ClN3O2. The molecule has 0 aliphatic carbocycles. The first-order valence-electron chi connectivity index (χ1n) is 8.36. The number of carbonyl (C=O) groups is 1. The predicted octanol–water partition coefficient (Wildman–Crippen LogP) is 3.69. The number of benzene rings is 1. The fourth-order valence-corrected chi connectivity index (χ4v) is 3.08. The molecule has 2 rings (SSSR count). The molecule has 0 aliphatic rings. The van der Waals surface area contributed by atoms with Crippen molar-refractivity contribution in [3.63, 3.8) is 0 Å². The van der Waals surface area contributed by atoms with Gasteiger partial charge >= 0.3 is 0 Å². The third kappa shape index (κ3) is 3.61. The highest BCUT2D eigenvalue weighted by atomic mass is 35.5. The van der Waals surface area contributed by atoms with E-state index >= 15 is 0 Å². The second kappa shape index (κ2) is 7.79. The van der Waals surface area contributed by atoms with E-state index in [1.807, 2.05) is 25.7 Å².